The van der Waals surface area contributed by atoms with E-state index in [1.54, 1.807) is 0 Å². The molecule has 1 aromatic carbocycles. The summed E-state index contributed by atoms with van der Waals surface area (Å²) < 4.78 is 5.71. The minimum Gasteiger partial charge on any atom is -0.493 e. The molecule has 1 aliphatic rings. The summed E-state index contributed by atoms with van der Waals surface area (Å²) in [5.74, 6) is 0.937. The number of piperazine rings is 1. The fourth-order valence-electron chi connectivity index (χ4n) is 2.69. The Morgan fingerprint density at radius 2 is 2.04 bits per heavy atom. The van der Waals surface area contributed by atoms with E-state index in [1.807, 2.05) is 19.1 Å². The van der Waals surface area contributed by atoms with E-state index in [9.17, 15) is 4.79 Å². The van der Waals surface area contributed by atoms with Crippen LogP contribution in [0.4, 0.5) is 0 Å². The van der Waals surface area contributed by atoms with Crippen LogP contribution in [-0.4, -0.2) is 56.7 Å². The molecule has 1 fully saturated rings. The van der Waals surface area contributed by atoms with Gasteiger partial charge < -0.3 is 20.3 Å². The van der Waals surface area contributed by atoms with Gasteiger partial charge in [0.25, 0.3) is 0 Å². The average Bonchev–Trinajstić information content (AvgIpc) is 2.56. The number of hydrogen-bond donors (Lipinski definition) is 2. The van der Waals surface area contributed by atoms with Gasteiger partial charge in [-0.15, -0.1) is 12.4 Å². The van der Waals surface area contributed by atoms with E-state index in [-0.39, 0.29) is 18.3 Å². The van der Waals surface area contributed by atoms with Crippen LogP contribution in [0, 0.1) is 13.8 Å². The Labute approximate surface area is 151 Å². The molecular weight excluding hydrogens is 326 g/mol. The molecule has 2 N–H and O–H groups in total. The van der Waals surface area contributed by atoms with Crippen LogP contribution in [-0.2, 0) is 4.79 Å². The molecule has 1 aliphatic heterocycles. The lowest BCUT2D eigenvalue weighted by Crippen LogP contribution is -2.44. The zero-order valence-corrected chi connectivity index (χ0v) is 15.6. The Kier molecular flexibility index (Phi) is 9.76. The Hall–Kier alpha value is -1.30. The molecule has 0 aliphatic carbocycles. The summed E-state index contributed by atoms with van der Waals surface area (Å²) in [6.07, 6.45) is 1.41. The van der Waals surface area contributed by atoms with E-state index in [4.69, 9.17) is 4.74 Å². The third-order valence-electron chi connectivity index (χ3n) is 4.32. The molecule has 0 aromatic heterocycles. The SMILES string of the molecule is Cc1cccc(OCCC(=O)NCCCN2CCNCC2)c1C.Cl. The van der Waals surface area contributed by atoms with Crippen LogP contribution < -0.4 is 15.4 Å². The lowest BCUT2D eigenvalue weighted by Gasteiger charge is -2.27. The summed E-state index contributed by atoms with van der Waals surface area (Å²) in [6.45, 7) is 10.7. The van der Waals surface area contributed by atoms with Crippen molar-refractivity contribution >= 4 is 18.3 Å². The molecule has 1 amide bonds. The first-order valence-corrected chi connectivity index (χ1v) is 8.55. The summed E-state index contributed by atoms with van der Waals surface area (Å²) in [5, 5.41) is 6.32. The highest BCUT2D eigenvalue weighted by Crippen LogP contribution is 2.20. The number of carbonyl (C=O) groups excluding carboxylic acids is 1. The lowest BCUT2D eigenvalue weighted by molar-refractivity contribution is -0.121. The molecular formula is C18H30ClN3O2. The highest BCUT2D eigenvalue weighted by molar-refractivity contribution is 5.85. The van der Waals surface area contributed by atoms with Gasteiger partial charge in [-0.1, -0.05) is 12.1 Å². The van der Waals surface area contributed by atoms with E-state index in [0.29, 0.717) is 13.0 Å². The Morgan fingerprint density at radius 1 is 1.29 bits per heavy atom. The predicted octanol–water partition coefficient (Wildman–Crippen LogP) is 1.91. The van der Waals surface area contributed by atoms with Crippen molar-refractivity contribution in [3.8, 4) is 5.75 Å². The maximum Gasteiger partial charge on any atom is 0.223 e. The first-order valence-electron chi connectivity index (χ1n) is 8.55. The van der Waals surface area contributed by atoms with Gasteiger partial charge in [0.15, 0.2) is 0 Å². The molecule has 5 nitrogen and oxygen atoms in total. The number of halogens is 1. The van der Waals surface area contributed by atoms with E-state index in [0.717, 1.165) is 57.0 Å². The van der Waals surface area contributed by atoms with E-state index in [2.05, 4.69) is 28.5 Å². The van der Waals surface area contributed by atoms with Crippen molar-refractivity contribution in [1.82, 2.24) is 15.5 Å². The molecule has 6 heteroatoms. The standard InChI is InChI=1S/C18H29N3O2.ClH/c1-15-5-3-6-17(16(15)2)23-14-7-18(22)20-8-4-11-21-12-9-19-10-13-21;/h3,5-6,19H,4,7-14H2,1-2H3,(H,20,22);1H. The number of amides is 1. The predicted molar refractivity (Wildman–Crippen MR) is 100 cm³/mol. The maximum atomic E-state index is 11.8. The first-order chi connectivity index (χ1) is 11.2. The Bertz CT molecular complexity index is 505. The minimum atomic E-state index is 0. The largest absolute Gasteiger partial charge is 0.493 e. The topological polar surface area (TPSA) is 53.6 Å². The van der Waals surface area contributed by atoms with Gasteiger partial charge in [-0.3, -0.25) is 4.79 Å². The molecule has 1 heterocycles. The normalized spacial score (nSPS) is 14.8. The number of aryl methyl sites for hydroxylation is 1. The number of hydrogen-bond acceptors (Lipinski definition) is 4. The molecule has 0 bridgehead atoms. The van der Waals surface area contributed by atoms with Gasteiger partial charge in [0, 0.05) is 32.7 Å². The third-order valence-corrected chi connectivity index (χ3v) is 4.32. The summed E-state index contributed by atoms with van der Waals surface area (Å²) in [7, 11) is 0. The number of rotatable bonds is 8. The summed E-state index contributed by atoms with van der Waals surface area (Å²) in [4.78, 5) is 14.3. The van der Waals surface area contributed by atoms with Crippen LogP contribution in [0.1, 0.15) is 24.0 Å². The van der Waals surface area contributed by atoms with Gasteiger partial charge in [0.1, 0.15) is 5.75 Å². The highest BCUT2D eigenvalue weighted by atomic mass is 35.5. The van der Waals surface area contributed by atoms with Crippen molar-refractivity contribution in [1.29, 1.82) is 0 Å². The molecule has 2 rings (SSSR count). The Morgan fingerprint density at radius 3 is 2.79 bits per heavy atom. The van der Waals surface area contributed by atoms with Crippen LogP contribution in [0.3, 0.4) is 0 Å². The van der Waals surface area contributed by atoms with Crippen molar-refractivity contribution in [2.45, 2.75) is 26.7 Å². The number of nitrogens with one attached hydrogen (secondary N) is 2. The number of carbonyl (C=O) groups is 1. The molecule has 0 saturated carbocycles. The molecule has 1 aromatic rings. The third kappa shape index (κ3) is 7.07. The Balaban J connectivity index is 0.00000288. The number of ether oxygens (including phenoxy) is 1. The van der Waals surface area contributed by atoms with Crippen molar-refractivity contribution < 1.29 is 9.53 Å². The summed E-state index contributed by atoms with van der Waals surface area (Å²) in [5.41, 5.74) is 2.35. The van der Waals surface area contributed by atoms with Crippen LogP contribution >= 0.6 is 12.4 Å². The van der Waals surface area contributed by atoms with Gasteiger partial charge >= 0.3 is 0 Å². The molecule has 0 radical (unpaired) electrons. The van der Waals surface area contributed by atoms with E-state index in [1.165, 1.54) is 5.56 Å². The van der Waals surface area contributed by atoms with Crippen LogP contribution in [0.5, 0.6) is 5.75 Å². The summed E-state index contributed by atoms with van der Waals surface area (Å²) in [6, 6.07) is 5.99. The average molecular weight is 356 g/mol. The van der Waals surface area contributed by atoms with Crippen molar-refractivity contribution in [2.75, 3.05) is 45.9 Å². The molecule has 0 spiro atoms. The molecule has 24 heavy (non-hydrogen) atoms. The number of nitrogens with zero attached hydrogens (tertiary/aromatic N) is 1. The minimum absolute atomic E-state index is 0. The lowest BCUT2D eigenvalue weighted by atomic mass is 10.1. The zero-order valence-electron chi connectivity index (χ0n) is 14.8. The second kappa shape index (κ2) is 11.3. The second-order valence-electron chi connectivity index (χ2n) is 6.09. The van der Waals surface area contributed by atoms with E-state index >= 15 is 0 Å². The van der Waals surface area contributed by atoms with Crippen LogP contribution in [0.2, 0.25) is 0 Å². The molecule has 0 unspecified atom stereocenters. The first kappa shape index (κ1) is 20.7. The molecule has 0 atom stereocenters. The fraction of sp³-hybridized carbons (Fsp3) is 0.611. The van der Waals surface area contributed by atoms with Gasteiger partial charge in [0.2, 0.25) is 5.91 Å². The van der Waals surface area contributed by atoms with Crippen molar-refractivity contribution in [3.63, 3.8) is 0 Å². The highest BCUT2D eigenvalue weighted by Gasteiger charge is 2.09. The van der Waals surface area contributed by atoms with Crippen molar-refractivity contribution in [3.05, 3.63) is 29.3 Å². The van der Waals surface area contributed by atoms with Crippen LogP contribution in [0.15, 0.2) is 18.2 Å². The number of benzene rings is 1. The van der Waals surface area contributed by atoms with Gasteiger partial charge in [0.05, 0.1) is 13.0 Å². The second-order valence-corrected chi connectivity index (χ2v) is 6.09. The smallest absolute Gasteiger partial charge is 0.223 e. The van der Waals surface area contributed by atoms with Crippen LogP contribution in [0.25, 0.3) is 0 Å². The fourth-order valence-corrected chi connectivity index (χ4v) is 2.69. The maximum absolute atomic E-state index is 11.8. The quantitative estimate of drug-likeness (QED) is 0.699. The van der Waals surface area contributed by atoms with Crippen molar-refractivity contribution in [2.24, 2.45) is 0 Å². The molecule has 136 valence electrons. The molecule has 1 saturated heterocycles. The zero-order chi connectivity index (χ0) is 16.5. The van der Waals surface area contributed by atoms with Gasteiger partial charge in [-0.25, -0.2) is 0 Å². The van der Waals surface area contributed by atoms with E-state index < -0.39 is 0 Å². The summed E-state index contributed by atoms with van der Waals surface area (Å²) >= 11 is 0. The monoisotopic (exact) mass is 355 g/mol. The van der Waals surface area contributed by atoms with Gasteiger partial charge in [-0.2, -0.15) is 0 Å². The van der Waals surface area contributed by atoms with Gasteiger partial charge in [-0.05, 0) is 44.0 Å².